The predicted octanol–water partition coefficient (Wildman–Crippen LogP) is 3.27. The third-order valence-electron chi connectivity index (χ3n) is 2.53. The molecule has 0 radical (unpaired) electrons. The minimum Gasteiger partial charge on any atom is -0.478 e. The minimum atomic E-state index is -0.909. The number of hydrogen-bond acceptors (Lipinski definition) is 3. The number of anilines is 1. The molecule has 0 heterocycles. The Bertz CT molecular complexity index is 427. The van der Waals surface area contributed by atoms with E-state index in [0.717, 1.165) is 18.5 Å². The van der Waals surface area contributed by atoms with Gasteiger partial charge in [0.05, 0.1) is 11.3 Å². The van der Waals surface area contributed by atoms with Crippen molar-refractivity contribution < 1.29 is 9.90 Å². The van der Waals surface area contributed by atoms with Crippen molar-refractivity contribution >= 4 is 18.4 Å². The summed E-state index contributed by atoms with van der Waals surface area (Å²) in [5, 5.41) is 14.5. The van der Waals surface area contributed by atoms with Crippen LogP contribution in [-0.2, 0) is 4.79 Å². The van der Waals surface area contributed by atoms with Crippen LogP contribution in [0.25, 0.3) is 0 Å². The number of rotatable bonds is 7. The van der Waals surface area contributed by atoms with E-state index in [4.69, 9.17) is 5.11 Å². The van der Waals surface area contributed by atoms with Crippen LogP contribution < -0.4 is 5.01 Å². The Morgan fingerprint density at radius 1 is 1.44 bits per heavy atom. The Kier molecular flexibility index (Phi) is 5.64. The van der Waals surface area contributed by atoms with Crippen LogP contribution in [0.15, 0.2) is 47.2 Å². The molecule has 96 valence electrons. The summed E-state index contributed by atoms with van der Waals surface area (Å²) in [6, 6.07) is 9.33. The van der Waals surface area contributed by atoms with Gasteiger partial charge in [0.15, 0.2) is 0 Å². The number of carboxylic acid groups (broad SMARTS) is 1. The van der Waals surface area contributed by atoms with Crippen LogP contribution in [0.5, 0.6) is 0 Å². The lowest BCUT2D eigenvalue weighted by atomic mass is 10.1. The Hall–Kier alpha value is -2.10. The van der Waals surface area contributed by atoms with Gasteiger partial charge in [-0.25, -0.2) is 9.80 Å². The highest BCUT2D eigenvalue weighted by Crippen LogP contribution is 2.17. The number of benzene rings is 1. The lowest BCUT2D eigenvalue weighted by Gasteiger charge is -2.15. The van der Waals surface area contributed by atoms with Crippen molar-refractivity contribution in [2.45, 2.75) is 26.2 Å². The molecule has 0 aliphatic heterocycles. The molecule has 0 aliphatic rings. The van der Waals surface area contributed by atoms with Gasteiger partial charge in [0.25, 0.3) is 0 Å². The third-order valence-corrected chi connectivity index (χ3v) is 2.53. The fraction of sp³-hybridized carbons (Fsp3) is 0.286. The average molecular weight is 246 g/mol. The molecule has 18 heavy (non-hydrogen) atoms. The van der Waals surface area contributed by atoms with Crippen LogP contribution in [0, 0.1) is 0 Å². The Morgan fingerprint density at radius 3 is 2.61 bits per heavy atom. The lowest BCUT2D eigenvalue weighted by Crippen LogP contribution is -2.11. The monoisotopic (exact) mass is 246 g/mol. The van der Waals surface area contributed by atoms with Crippen molar-refractivity contribution in [3.05, 3.63) is 42.1 Å². The Morgan fingerprint density at radius 2 is 2.11 bits per heavy atom. The summed E-state index contributed by atoms with van der Waals surface area (Å²) in [5.41, 5.74) is 1.14. The van der Waals surface area contributed by atoms with Crippen LogP contribution >= 0.6 is 0 Å². The van der Waals surface area contributed by atoms with Gasteiger partial charge in [0.2, 0.25) is 0 Å². The number of hydrogen-bond donors (Lipinski definition) is 1. The molecule has 0 fully saturated rings. The first-order chi connectivity index (χ1) is 8.69. The summed E-state index contributed by atoms with van der Waals surface area (Å²) in [6.45, 7) is 5.50. The quantitative estimate of drug-likeness (QED) is 0.456. The zero-order valence-electron chi connectivity index (χ0n) is 10.5. The molecule has 1 N–H and O–H groups in total. The molecule has 0 aliphatic carbocycles. The number of hydrazone groups is 1. The van der Waals surface area contributed by atoms with E-state index in [2.05, 4.69) is 11.8 Å². The first kappa shape index (κ1) is 14.0. The molecule has 0 spiro atoms. The van der Waals surface area contributed by atoms with Crippen molar-refractivity contribution in [3.8, 4) is 0 Å². The van der Waals surface area contributed by atoms with Gasteiger partial charge in [-0.1, -0.05) is 31.5 Å². The average Bonchev–Trinajstić information content (AvgIpc) is 2.39. The van der Waals surface area contributed by atoms with E-state index in [1.54, 1.807) is 0 Å². The van der Waals surface area contributed by atoms with Crippen molar-refractivity contribution in [1.82, 2.24) is 0 Å². The van der Waals surface area contributed by atoms with Crippen LogP contribution in [0.4, 0.5) is 5.69 Å². The van der Waals surface area contributed by atoms with Crippen molar-refractivity contribution in [2.75, 3.05) is 5.01 Å². The van der Waals surface area contributed by atoms with Crippen LogP contribution in [0.3, 0.4) is 0 Å². The predicted molar refractivity (Wildman–Crippen MR) is 73.7 cm³/mol. The SMILES string of the molecule is C=NN(/C=C(\CCCC)C(=O)O)c1ccccc1. The van der Waals surface area contributed by atoms with E-state index in [1.165, 1.54) is 11.2 Å². The third kappa shape index (κ3) is 4.05. The topological polar surface area (TPSA) is 52.9 Å². The molecule has 0 saturated carbocycles. The van der Waals surface area contributed by atoms with Gasteiger partial charge in [-0.2, -0.15) is 5.10 Å². The van der Waals surface area contributed by atoms with Crippen LogP contribution in [0.1, 0.15) is 26.2 Å². The van der Waals surface area contributed by atoms with Crippen molar-refractivity contribution in [1.29, 1.82) is 0 Å². The Balaban J connectivity index is 2.93. The van der Waals surface area contributed by atoms with Gasteiger partial charge in [0.1, 0.15) is 0 Å². The fourth-order valence-corrected chi connectivity index (χ4v) is 1.52. The van der Waals surface area contributed by atoms with E-state index in [0.29, 0.717) is 12.0 Å². The van der Waals surface area contributed by atoms with E-state index in [1.807, 2.05) is 37.3 Å². The maximum Gasteiger partial charge on any atom is 0.333 e. The largest absolute Gasteiger partial charge is 0.478 e. The lowest BCUT2D eigenvalue weighted by molar-refractivity contribution is -0.132. The highest BCUT2D eigenvalue weighted by atomic mass is 16.4. The molecule has 1 aromatic carbocycles. The molecule has 0 aromatic heterocycles. The van der Waals surface area contributed by atoms with Crippen molar-refractivity contribution in [2.24, 2.45) is 5.10 Å². The molecular formula is C14H18N2O2. The van der Waals surface area contributed by atoms with Gasteiger partial charge in [0, 0.05) is 12.9 Å². The van der Waals surface area contributed by atoms with Gasteiger partial charge < -0.3 is 5.11 Å². The molecule has 0 saturated heterocycles. The molecule has 0 atom stereocenters. The molecule has 4 heteroatoms. The number of carbonyl (C=O) groups is 1. The van der Waals surface area contributed by atoms with E-state index in [9.17, 15) is 4.79 Å². The second-order valence-corrected chi connectivity index (χ2v) is 3.88. The van der Waals surface area contributed by atoms with E-state index >= 15 is 0 Å². The number of unbranched alkanes of at least 4 members (excludes halogenated alkanes) is 1. The Labute approximate surface area is 107 Å². The number of para-hydroxylation sites is 1. The molecule has 0 amide bonds. The summed E-state index contributed by atoms with van der Waals surface area (Å²) in [5.74, 6) is -0.909. The summed E-state index contributed by atoms with van der Waals surface area (Å²) in [7, 11) is 0. The van der Waals surface area contributed by atoms with E-state index < -0.39 is 5.97 Å². The maximum absolute atomic E-state index is 11.1. The van der Waals surface area contributed by atoms with Gasteiger partial charge in [-0.3, -0.25) is 0 Å². The normalized spacial score (nSPS) is 11.1. The number of carboxylic acids is 1. The molecule has 1 rings (SSSR count). The van der Waals surface area contributed by atoms with Crippen LogP contribution in [-0.4, -0.2) is 17.8 Å². The highest BCUT2D eigenvalue weighted by molar-refractivity contribution is 5.87. The summed E-state index contributed by atoms with van der Waals surface area (Å²) in [4.78, 5) is 11.1. The fourth-order valence-electron chi connectivity index (χ4n) is 1.52. The van der Waals surface area contributed by atoms with E-state index in [-0.39, 0.29) is 0 Å². The van der Waals surface area contributed by atoms with Gasteiger partial charge in [-0.05, 0) is 25.0 Å². The number of nitrogens with zero attached hydrogens (tertiary/aromatic N) is 2. The van der Waals surface area contributed by atoms with Crippen LogP contribution in [0.2, 0.25) is 0 Å². The van der Waals surface area contributed by atoms with Gasteiger partial charge >= 0.3 is 5.97 Å². The standard InChI is InChI=1S/C14H18N2O2/c1-3-4-8-12(14(17)18)11-16(15-2)13-9-6-5-7-10-13/h5-7,9-11H,2-4,8H2,1H3,(H,17,18)/b12-11+. The highest BCUT2D eigenvalue weighted by Gasteiger charge is 2.09. The molecule has 4 nitrogen and oxygen atoms in total. The second-order valence-electron chi connectivity index (χ2n) is 3.88. The summed E-state index contributed by atoms with van der Waals surface area (Å²) in [6.07, 6.45) is 3.86. The molecule has 0 unspecified atom stereocenters. The molecule has 1 aromatic rings. The molecule has 0 bridgehead atoms. The first-order valence-corrected chi connectivity index (χ1v) is 5.94. The maximum atomic E-state index is 11.1. The zero-order chi connectivity index (χ0) is 13.4. The second kappa shape index (κ2) is 7.27. The number of aliphatic carboxylic acids is 1. The van der Waals surface area contributed by atoms with Gasteiger partial charge in [-0.15, -0.1) is 0 Å². The molecular weight excluding hydrogens is 228 g/mol. The minimum absolute atomic E-state index is 0.341. The zero-order valence-corrected chi connectivity index (χ0v) is 10.5. The summed E-state index contributed by atoms with van der Waals surface area (Å²) >= 11 is 0. The van der Waals surface area contributed by atoms with Crippen molar-refractivity contribution in [3.63, 3.8) is 0 Å². The first-order valence-electron chi connectivity index (χ1n) is 5.94. The smallest absolute Gasteiger partial charge is 0.333 e. The summed E-state index contributed by atoms with van der Waals surface area (Å²) < 4.78 is 0.